The van der Waals surface area contributed by atoms with Crippen molar-refractivity contribution >= 4 is 35.6 Å². The van der Waals surface area contributed by atoms with Gasteiger partial charge in [-0.3, -0.25) is 10.1 Å². The number of nitro benzene ring substituents is 1. The Morgan fingerprint density at radius 1 is 1.20 bits per heavy atom. The van der Waals surface area contributed by atoms with Crippen molar-refractivity contribution in [1.29, 1.82) is 0 Å². The van der Waals surface area contributed by atoms with Gasteiger partial charge in [0.1, 0.15) is 5.82 Å². The molecule has 2 aromatic carbocycles. The molecule has 0 atom stereocenters. The lowest BCUT2D eigenvalue weighted by molar-refractivity contribution is -0.384. The Hall–Kier alpha value is -2.23. The predicted octanol–water partition coefficient (Wildman–Crippen LogP) is 3.61. The highest BCUT2D eigenvalue weighted by molar-refractivity contribution is 14.0. The molecular formula is C17H20FIN4O2. The molecule has 0 aliphatic carbocycles. The van der Waals surface area contributed by atoms with Crippen LogP contribution in [0.4, 0.5) is 10.1 Å². The molecule has 2 aromatic rings. The average molecular weight is 458 g/mol. The van der Waals surface area contributed by atoms with Crippen LogP contribution in [-0.2, 0) is 13.1 Å². The first-order valence-corrected chi connectivity index (χ1v) is 7.59. The van der Waals surface area contributed by atoms with Crippen LogP contribution in [0.5, 0.6) is 0 Å². The Morgan fingerprint density at radius 2 is 1.96 bits per heavy atom. The molecule has 134 valence electrons. The van der Waals surface area contributed by atoms with E-state index in [0.29, 0.717) is 24.6 Å². The van der Waals surface area contributed by atoms with Crippen LogP contribution in [0.25, 0.3) is 0 Å². The summed E-state index contributed by atoms with van der Waals surface area (Å²) in [6.07, 6.45) is 0. The number of nitrogens with zero attached hydrogens (tertiary/aromatic N) is 2. The molecule has 0 spiro atoms. The highest BCUT2D eigenvalue weighted by atomic mass is 127. The fourth-order valence-corrected chi connectivity index (χ4v) is 2.10. The molecule has 2 N–H and O–H groups in total. The number of aliphatic imine (C=N–C) groups is 1. The maximum atomic E-state index is 13.6. The number of halogens is 2. The number of non-ortho nitro benzene ring substituents is 1. The van der Waals surface area contributed by atoms with E-state index in [-0.39, 0.29) is 42.0 Å². The number of hydrogen-bond acceptors (Lipinski definition) is 3. The maximum absolute atomic E-state index is 13.6. The molecule has 0 unspecified atom stereocenters. The van der Waals surface area contributed by atoms with E-state index < -0.39 is 4.92 Å². The van der Waals surface area contributed by atoms with E-state index in [0.717, 1.165) is 5.56 Å². The second-order valence-corrected chi connectivity index (χ2v) is 5.07. The SMILES string of the molecule is CCNC(=NCc1cccc([N+](=O)[O-])c1)NCc1ccccc1F.I. The zero-order valence-electron chi connectivity index (χ0n) is 13.7. The van der Waals surface area contributed by atoms with Crippen molar-refractivity contribution in [3.05, 3.63) is 75.6 Å². The van der Waals surface area contributed by atoms with Crippen molar-refractivity contribution in [2.75, 3.05) is 6.54 Å². The van der Waals surface area contributed by atoms with Crippen molar-refractivity contribution in [2.24, 2.45) is 4.99 Å². The summed E-state index contributed by atoms with van der Waals surface area (Å²) < 4.78 is 13.6. The lowest BCUT2D eigenvalue weighted by Crippen LogP contribution is -2.37. The molecule has 0 aliphatic heterocycles. The number of benzene rings is 2. The van der Waals surface area contributed by atoms with E-state index in [1.165, 1.54) is 18.2 Å². The number of hydrogen-bond donors (Lipinski definition) is 2. The molecule has 0 bridgehead atoms. The summed E-state index contributed by atoms with van der Waals surface area (Å²) in [5, 5.41) is 16.9. The summed E-state index contributed by atoms with van der Waals surface area (Å²) in [5.41, 5.74) is 1.30. The first kappa shape index (κ1) is 20.8. The molecule has 0 aliphatic rings. The molecule has 8 heteroatoms. The highest BCUT2D eigenvalue weighted by Gasteiger charge is 2.06. The molecular weight excluding hydrogens is 438 g/mol. The molecule has 0 aromatic heterocycles. The van der Waals surface area contributed by atoms with Crippen LogP contribution in [0, 0.1) is 15.9 Å². The molecule has 0 heterocycles. The van der Waals surface area contributed by atoms with Gasteiger partial charge in [-0.1, -0.05) is 30.3 Å². The van der Waals surface area contributed by atoms with E-state index in [1.807, 2.05) is 6.92 Å². The van der Waals surface area contributed by atoms with Gasteiger partial charge in [-0.15, -0.1) is 24.0 Å². The third kappa shape index (κ3) is 6.65. The normalized spacial score (nSPS) is 10.7. The summed E-state index contributed by atoms with van der Waals surface area (Å²) in [5.74, 6) is 0.242. The van der Waals surface area contributed by atoms with Crippen molar-refractivity contribution in [2.45, 2.75) is 20.0 Å². The van der Waals surface area contributed by atoms with Gasteiger partial charge in [0.15, 0.2) is 5.96 Å². The van der Waals surface area contributed by atoms with Gasteiger partial charge in [0.05, 0.1) is 11.5 Å². The van der Waals surface area contributed by atoms with Crippen molar-refractivity contribution in [3.63, 3.8) is 0 Å². The van der Waals surface area contributed by atoms with Crippen LogP contribution in [-0.4, -0.2) is 17.4 Å². The van der Waals surface area contributed by atoms with E-state index in [1.54, 1.807) is 30.3 Å². The fraction of sp³-hybridized carbons (Fsp3) is 0.235. The van der Waals surface area contributed by atoms with Crippen LogP contribution in [0.15, 0.2) is 53.5 Å². The fourth-order valence-electron chi connectivity index (χ4n) is 2.10. The van der Waals surface area contributed by atoms with Gasteiger partial charge in [-0.05, 0) is 18.6 Å². The van der Waals surface area contributed by atoms with E-state index in [2.05, 4.69) is 15.6 Å². The molecule has 0 radical (unpaired) electrons. The third-order valence-electron chi connectivity index (χ3n) is 3.29. The maximum Gasteiger partial charge on any atom is 0.269 e. The summed E-state index contributed by atoms with van der Waals surface area (Å²) in [6.45, 7) is 3.16. The molecule has 25 heavy (non-hydrogen) atoms. The van der Waals surface area contributed by atoms with Crippen LogP contribution >= 0.6 is 24.0 Å². The molecule has 0 saturated carbocycles. The molecule has 0 amide bonds. The summed E-state index contributed by atoms with van der Waals surface area (Å²) in [7, 11) is 0. The van der Waals surface area contributed by atoms with Gasteiger partial charge in [-0.2, -0.15) is 0 Å². The van der Waals surface area contributed by atoms with Gasteiger partial charge >= 0.3 is 0 Å². The molecule has 0 fully saturated rings. The Kier molecular flexibility index (Phi) is 8.82. The first-order valence-electron chi connectivity index (χ1n) is 7.59. The van der Waals surface area contributed by atoms with Crippen molar-refractivity contribution in [3.8, 4) is 0 Å². The largest absolute Gasteiger partial charge is 0.357 e. The van der Waals surface area contributed by atoms with Gasteiger partial charge in [0, 0.05) is 30.8 Å². The quantitative estimate of drug-likeness (QED) is 0.228. The van der Waals surface area contributed by atoms with Crippen molar-refractivity contribution < 1.29 is 9.31 Å². The topological polar surface area (TPSA) is 79.6 Å². The second kappa shape index (κ2) is 10.6. The third-order valence-corrected chi connectivity index (χ3v) is 3.29. The summed E-state index contributed by atoms with van der Waals surface area (Å²) >= 11 is 0. The van der Waals surface area contributed by atoms with Crippen LogP contribution in [0.3, 0.4) is 0 Å². The molecule has 0 saturated heterocycles. The predicted molar refractivity (Wildman–Crippen MR) is 107 cm³/mol. The Bertz CT molecular complexity index is 740. The minimum absolute atomic E-state index is 0. The molecule has 2 rings (SSSR count). The Morgan fingerprint density at radius 3 is 2.64 bits per heavy atom. The monoisotopic (exact) mass is 458 g/mol. The van der Waals surface area contributed by atoms with E-state index >= 15 is 0 Å². The lowest BCUT2D eigenvalue weighted by Gasteiger charge is -2.11. The number of rotatable bonds is 6. The van der Waals surface area contributed by atoms with Gasteiger partial charge in [-0.25, -0.2) is 9.38 Å². The Labute approximate surface area is 162 Å². The van der Waals surface area contributed by atoms with Crippen molar-refractivity contribution in [1.82, 2.24) is 10.6 Å². The number of nitrogens with one attached hydrogen (secondary N) is 2. The minimum atomic E-state index is -0.436. The molecule has 6 nitrogen and oxygen atoms in total. The highest BCUT2D eigenvalue weighted by Crippen LogP contribution is 2.13. The average Bonchev–Trinajstić information content (AvgIpc) is 2.59. The number of nitro groups is 1. The summed E-state index contributed by atoms with van der Waals surface area (Å²) in [4.78, 5) is 14.7. The van der Waals surface area contributed by atoms with Crippen LogP contribution < -0.4 is 10.6 Å². The zero-order valence-corrected chi connectivity index (χ0v) is 16.1. The summed E-state index contributed by atoms with van der Waals surface area (Å²) in [6, 6.07) is 12.8. The standard InChI is InChI=1S/C17H19FN4O2.HI/c1-2-19-17(21-12-14-7-3-4-9-16(14)18)20-11-13-6-5-8-15(10-13)22(23)24;/h3-10H,2,11-12H2,1H3,(H2,19,20,21);1H. The van der Waals surface area contributed by atoms with Crippen LogP contribution in [0.1, 0.15) is 18.1 Å². The smallest absolute Gasteiger partial charge is 0.269 e. The Balaban J connectivity index is 0.00000312. The van der Waals surface area contributed by atoms with E-state index in [4.69, 9.17) is 0 Å². The number of guanidine groups is 1. The lowest BCUT2D eigenvalue weighted by atomic mass is 10.2. The minimum Gasteiger partial charge on any atom is -0.357 e. The van der Waals surface area contributed by atoms with Gasteiger partial charge in [0.2, 0.25) is 0 Å². The van der Waals surface area contributed by atoms with Gasteiger partial charge < -0.3 is 10.6 Å². The van der Waals surface area contributed by atoms with Gasteiger partial charge in [0.25, 0.3) is 5.69 Å². The first-order chi connectivity index (χ1) is 11.6. The van der Waals surface area contributed by atoms with Crippen LogP contribution in [0.2, 0.25) is 0 Å². The second-order valence-electron chi connectivity index (χ2n) is 5.07. The van der Waals surface area contributed by atoms with E-state index in [9.17, 15) is 14.5 Å². The zero-order chi connectivity index (χ0) is 17.4.